The SMILES string of the molecule is COC(=O)C(C)(C)Oc1cc(C)ccc1Cl. The van der Waals surface area contributed by atoms with Gasteiger partial charge in [0.05, 0.1) is 12.1 Å². The van der Waals surface area contributed by atoms with Crippen LogP contribution in [0.3, 0.4) is 0 Å². The normalized spacial score (nSPS) is 11.1. The Kier molecular flexibility index (Phi) is 3.81. The number of benzene rings is 1. The van der Waals surface area contributed by atoms with E-state index >= 15 is 0 Å². The molecule has 0 N–H and O–H groups in total. The summed E-state index contributed by atoms with van der Waals surface area (Å²) in [6, 6.07) is 5.40. The van der Waals surface area contributed by atoms with Crippen LogP contribution < -0.4 is 4.74 Å². The summed E-state index contributed by atoms with van der Waals surface area (Å²) in [5.41, 5.74) is -0.0355. The first-order chi connectivity index (χ1) is 7.36. The molecule has 0 aromatic heterocycles. The van der Waals surface area contributed by atoms with Crippen LogP contribution in [0.15, 0.2) is 18.2 Å². The van der Waals surface area contributed by atoms with Gasteiger partial charge >= 0.3 is 5.97 Å². The van der Waals surface area contributed by atoms with Crippen molar-refractivity contribution in [2.24, 2.45) is 0 Å². The van der Waals surface area contributed by atoms with Gasteiger partial charge in [-0.25, -0.2) is 4.79 Å². The van der Waals surface area contributed by atoms with E-state index in [0.717, 1.165) is 5.56 Å². The van der Waals surface area contributed by atoms with Crippen LogP contribution >= 0.6 is 11.6 Å². The molecule has 1 aromatic carbocycles. The fourth-order valence-electron chi connectivity index (χ4n) is 1.25. The van der Waals surface area contributed by atoms with E-state index in [2.05, 4.69) is 4.74 Å². The average Bonchev–Trinajstić information content (AvgIpc) is 2.22. The van der Waals surface area contributed by atoms with Gasteiger partial charge in [-0.3, -0.25) is 0 Å². The van der Waals surface area contributed by atoms with Crippen LogP contribution in [-0.2, 0) is 9.53 Å². The summed E-state index contributed by atoms with van der Waals surface area (Å²) < 4.78 is 10.2. The summed E-state index contributed by atoms with van der Waals surface area (Å²) in [6.07, 6.45) is 0. The third-order valence-electron chi connectivity index (χ3n) is 2.13. The van der Waals surface area contributed by atoms with Gasteiger partial charge in [-0.15, -0.1) is 0 Å². The smallest absolute Gasteiger partial charge is 0.349 e. The topological polar surface area (TPSA) is 35.5 Å². The van der Waals surface area contributed by atoms with Crippen molar-refractivity contribution < 1.29 is 14.3 Å². The molecule has 0 radical (unpaired) electrons. The monoisotopic (exact) mass is 242 g/mol. The fourth-order valence-corrected chi connectivity index (χ4v) is 1.41. The number of aryl methyl sites for hydroxylation is 1. The van der Waals surface area contributed by atoms with Crippen LogP contribution in [0.25, 0.3) is 0 Å². The zero-order chi connectivity index (χ0) is 12.3. The third-order valence-corrected chi connectivity index (χ3v) is 2.44. The number of carbonyl (C=O) groups is 1. The van der Waals surface area contributed by atoms with E-state index in [1.54, 1.807) is 26.0 Å². The lowest BCUT2D eigenvalue weighted by atomic mass is 10.1. The van der Waals surface area contributed by atoms with Crippen LogP contribution in [0.1, 0.15) is 19.4 Å². The van der Waals surface area contributed by atoms with Crippen LogP contribution in [0.2, 0.25) is 5.02 Å². The van der Waals surface area contributed by atoms with Crippen molar-refractivity contribution in [2.75, 3.05) is 7.11 Å². The van der Waals surface area contributed by atoms with Crippen molar-refractivity contribution >= 4 is 17.6 Å². The molecule has 0 aliphatic rings. The third kappa shape index (κ3) is 2.89. The Bertz CT molecular complexity index is 399. The second-order valence-electron chi connectivity index (χ2n) is 4.04. The molecule has 0 fully saturated rings. The van der Waals surface area contributed by atoms with E-state index in [1.807, 2.05) is 13.0 Å². The molecule has 0 atom stereocenters. The minimum Gasteiger partial charge on any atom is -0.475 e. The minimum absolute atomic E-state index is 0.440. The number of hydrogen-bond donors (Lipinski definition) is 0. The first kappa shape index (κ1) is 12.8. The highest BCUT2D eigenvalue weighted by atomic mass is 35.5. The van der Waals surface area contributed by atoms with Crippen molar-refractivity contribution in [1.82, 2.24) is 0 Å². The molecular formula is C12H15ClO3. The molecule has 1 rings (SSSR count). The number of esters is 1. The van der Waals surface area contributed by atoms with E-state index in [1.165, 1.54) is 7.11 Å². The molecular weight excluding hydrogens is 228 g/mol. The maximum absolute atomic E-state index is 11.4. The van der Waals surface area contributed by atoms with Gasteiger partial charge in [0.25, 0.3) is 0 Å². The van der Waals surface area contributed by atoms with Crippen LogP contribution in [0, 0.1) is 6.92 Å². The number of carbonyl (C=O) groups excluding carboxylic acids is 1. The molecule has 0 bridgehead atoms. The van der Waals surface area contributed by atoms with Gasteiger partial charge in [0.2, 0.25) is 0 Å². The van der Waals surface area contributed by atoms with E-state index in [4.69, 9.17) is 16.3 Å². The lowest BCUT2D eigenvalue weighted by molar-refractivity contribution is -0.156. The first-order valence-electron chi connectivity index (χ1n) is 4.90. The van der Waals surface area contributed by atoms with Gasteiger partial charge in [-0.2, -0.15) is 0 Å². The fraction of sp³-hybridized carbons (Fsp3) is 0.417. The molecule has 16 heavy (non-hydrogen) atoms. The van der Waals surface area contributed by atoms with Gasteiger partial charge in [0, 0.05) is 0 Å². The average molecular weight is 243 g/mol. The Morgan fingerprint density at radius 1 is 1.38 bits per heavy atom. The molecule has 0 spiro atoms. The van der Waals surface area contributed by atoms with Crippen LogP contribution in [-0.4, -0.2) is 18.7 Å². The Balaban J connectivity index is 2.95. The standard InChI is InChI=1S/C12H15ClO3/c1-8-5-6-9(13)10(7-8)16-12(2,3)11(14)15-4/h5-7H,1-4H3. The molecule has 0 saturated heterocycles. The molecule has 0 aliphatic heterocycles. The Labute approximate surface area is 100 Å². The summed E-state index contributed by atoms with van der Waals surface area (Å²) in [6.45, 7) is 5.20. The quantitative estimate of drug-likeness (QED) is 0.765. The summed E-state index contributed by atoms with van der Waals surface area (Å²) in [4.78, 5) is 11.4. The minimum atomic E-state index is -1.05. The lowest BCUT2D eigenvalue weighted by Gasteiger charge is -2.24. The van der Waals surface area contributed by atoms with Crippen molar-refractivity contribution in [1.29, 1.82) is 0 Å². The highest BCUT2D eigenvalue weighted by molar-refractivity contribution is 6.32. The molecule has 88 valence electrons. The molecule has 4 heteroatoms. The maximum atomic E-state index is 11.4. The van der Waals surface area contributed by atoms with Gasteiger partial charge in [0.1, 0.15) is 5.75 Å². The summed E-state index contributed by atoms with van der Waals surface area (Å²) in [5.74, 6) is 0.0436. The second kappa shape index (κ2) is 4.74. The second-order valence-corrected chi connectivity index (χ2v) is 4.45. The Hall–Kier alpha value is -1.22. The zero-order valence-electron chi connectivity index (χ0n) is 9.83. The number of ether oxygens (including phenoxy) is 2. The summed E-state index contributed by atoms with van der Waals surface area (Å²) in [5, 5.41) is 0.475. The van der Waals surface area contributed by atoms with Crippen molar-refractivity contribution in [3.8, 4) is 5.75 Å². The number of rotatable bonds is 3. The zero-order valence-corrected chi connectivity index (χ0v) is 10.6. The van der Waals surface area contributed by atoms with E-state index in [0.29, 0.717) is 10.8 Å². The number of halogens is 1. The van der Waals surface area contributed by atoms with E-state index in [-0.39, 0.29) is 0 Å². The summed E-state index contributed by atoms with van der Waals surface area (Å²) >= 11 is 5.97. The lowest BCUT2D eigenvalue weighted by Crippen LogP contribution is -2.39. The van der Waals surface area contributed by atoms with Gasteiger partial charge < -0.3 is 9.47 Å². The molecule has 0 unspecified atom stereocenters. The highest BCUT2D eigenvalue weighted by Gasteiger charge is 2.31. The van der Waals surface area contributed by atoms with Crippen molar-refractivity contribution in [3.63, 3.8) is 0 Å². The predicted molar refractivity (Wildman–Crippen MR) is 62.9 cm³/mol. The number of hydrogen-bond acceptors (Lipinski definition) is 3. The Morgan fingerprint density at radius 3 is 2.56 bits per heavy atom. The van der Waals surface area contributed by atoms with Crippen molar-refractivity contribution in [2.45, 2.75) is 26.4 Å². The Morgan fingerprint density at radius 2 is 2.00 bits per heavy atom. The molecule has 0 saturated carbocycles. The summed E-state index contributed by atoms with van der Waals surface area (Å²) in [7, 11) is 1.32. The molecule has 0 amide bonds. The predicted octanol–water partition coefficient (Wildman–Crippen LogP) is 2.98. The largest absolute Gasteiger partial charge is 0.475 e. The first-order valence-corrected chi connectivity index (χ1v) is 5.28. The number of methoxy groups -OCH3 is 1. The van der Waals surface area contributed by atoms with Gasteiger partial charge in [-0.05, 0) is 38.5 Å². The molecule has 1 aromatic rings. The molecule has 3 nitrogen and oxygen atoms in total. The van der Waals surface area contributed by atoms with Gasteiger partial charge in [-0.1, -0.05) is 17.7 Å². The van der Waals surface area contributed by atoms with Crippen LogP contribution in [0.5, 0.6) is 5.75 Å². The van der Waals surface area contributed by atoms with Crippen molar-refractivity contribution in [3.05, 3.63) is 28.8 Å². The highest BCUT2D eigenvalue weighted by Crippen LogP contribution is 2.29. The maximum Gasteiger partial charge on any atom is 0.349 e. The molecule has 0 aliphatic carbocycles. The van der Waals surface area contributed by atoms with Gasteiger partial charge in [0.15, 0.2) is 5.60 Å². The van der Waals surface area contributed by atoms with E-state index in [9.17, 15) is 4.79 Å². The van der Waals surface area contributed by atoms with E-state index < -0.39 is 11.6 Å². The van der Waals surface area contributed by atoms with Crippen LogP contribution in [0.4, 0.5) is 0 Å². The molecule has 0 heterocycles.